The van der Waals surface area contributed by atoms with Crippen molar-refractivity contribution in [1.82, 2.24) is 4.98 Å². The van der Waals surface area contributed by atoms with E-state index in [-0.39, 0.29) is 24.5 Å². The van der Waals surface area contributed by atoms with E-state index in [1.807, 2.05) is 19.1 Å². The summed E-state index contributed by atoms with van der Waals surface area (Å²) >= 11 is 3.07. The topological polar surface area (TPSA) is 59.1 Å². The number of fused-ring (bicyclic) bond motifs is 1. The monoisotopic (exact) mass is 348 g/mol. The zero-order chi connectivity index (χ0) is 16.2. The average molecular weight is 348 g/mol. The molecular weight excluding hydrogens is 328 g/mol. The summed E-state index contributed by atoms with van der Waals surface area (Å²) in [4.78, 5) is 31.8. The van der Waals surface area contributed by atoms with Gasteiger partial charge in [-0.2, -0.15) is 0 Å². The van der Waals surface area contributed by atoms with Crippen LogP contribution in [-0.4, -0.2) is 16.7 Å². The number of Topliss-reactive ketones (excluding diaryl/α,β-unsaturated/α-hetero) is 1. The Labute approximate surface area is 144 Å². The first-order chi connectivity index (χ1) is 11.1. The molecule has 0 saturated carbocycles. The number of carbonyl (C=O) groups excluding carboxylic acids is 2. The van der Waals surface area contributed by atoms with E-state index in [2.05, 4.69) is 10.3 Å². The Morgan fingerprint density at radius 2 is 1.96 bits per heavy atom. The predicted octanol–water partition coefficient (Wildman–Crippen LogP) is 4.38. The number of hydrogen-bond donors (Lipinski definition) is 1. The van der Waals surface area contributed by atoms with Crippen LogP contribution in [-0.2, 0) is 17.6 Å². The second-order valence-corrected chi connectivity index (χ2v) is 8.20. The highest BCUT2D eigenvalue weighted by atomic mass is 32.1. The largest absolute Gasteiger partial charge is 0.302 e. The minimum atomic E-state index is -0.129. The first-order valence-corrected chi connectivity index (χ1v) is 9.63. The van der Waals surface area contributed by atoms with E-state index < -0.39 is 0 Å². The molecule has 2 aromatic heterocycles. The number of aromatic nitrogens is 1. The molecule has 0 aliphatic heterocycles. The smallest absolute Gasteiger partial charge is 0.226 e. The normalized spacial score (nSPS) is 14.1. The number of hydrogen-bond acceptors (Lipinski definition) is 5. The molecule has 0 fully saturated rings. The van der Waals surface area contributed by atoms with Crippen molar-refractivity contribution in [1.29, 1.82) is 0 Å². The number of anilines is 1. The number of ketones is 1. The highest BCUT2D eigenvalue weighted by Gasteiger charge is 2.16. The van der Waals surface area contributed by atoms with E-state index in [1.54, 1.807) is 11.3 Å². The number of thiazole rings is 1. The third kappa shape index (κ3) is 4.26. The third-order valence-electron chi connectivity index (χ3n) is 3.94. The van der Waals surface area contributed by atoms with Crippen molar-refractivity contribution in [2.24, 2.45) is 0 Å². The number of nitrogens with zero attached hydrogens (tertiary/aromatic N) is 1. The van der Waals surface area contributed by atoms with Gasteiger partial charge in [0.2, 0.25) is 5.91 Å². The van der Waals surface area contributed by atoms with Crippen LogP contribution in [0.3, 0.4) is 0 Å². The second-order valence-electron chi connectivity index (χ2n) is 5.83. The van der Waals surface area contributed by atoms with Crippen LogP contribution in [0.5, 0.6) is 0 Å². The fourth-order valence-corrected chi connectivity index (χ4v) is 4.60. The van der Waals surface area contributed by atoms with Crippen LogP contribution < -0.4 is 5.32 Å². The summed E-state index contributed by atoms with van der Waals surface area (Å²) in [6, 6.07) is 3.76. The van der Waals surface area contributed by atoms with E-state index in [9.17, 15) is 9.59 Å². The fourth-order valence-electron chi connectivity index (χ4n) is 2.70. The molecule has 2 heterocycles. The lowest BCUT2D eigenvalue weighted by molar-refractivity contribution is -0.116. The Balaban J connectivity index is 1.52. The van der Waals surface area contributed by atoms with Gasteiger partial charge in [0, 0.05) is 22.6 Å². The summed E-state index contributed by atoms with van der Waals surface area (Å²) in [6.45, 7) is 1.97. The Bertz CT molecular complexity index is 695. The van der Waals surface area contributed by atoms with Crippen molar-refractivity contribution in [3.63, 3.8) is 0 Å². The van der Waals surface area contributed by atoms with E-state index in [0.717, 1.165) is 28.3 Å². The highest BCUT2D eigenvalue weighted by Crippen LogP contribution is 2.29. The molecular formula is C17H20N2O2S2. The molecule has 0 unspecified atom stereocenters. The quantitative estimate of drug-likeness (QED) is 0.644. The number of amides is 1. The molecule has 2 aromatic rings. The number of carbonyl (C=O) groups is 2. The minimum Gasteiger partial charge on any atom is -0.302 e. The molecule has 0 radical (unpaired) electrons. The highest BCUT2D eigenvalue weighted by molar-refractivity contribution is 7.16. The molecule has 0 atom stereocenters. The summed E-state index contributed by atoms with van der Waals surface area (Å²) in [7, 11) is 0. The number of nitrogens with one attached hydrogen (secondary N) is 1. The van der Waals surface area contributed by atoms with Crippen LogP contribution in [0.4, 0.5) is 5.13 Å². The lowest BCUT2D eigenvalue weighted by Crippen LogP contribution is -2.13. The van der Waals surface area contributed by atoms with Gasteiger partial charge in [-0.3, -0.25) is 9.59 Å². The molecule has 4 nitrogen and oxygen atoms in total. The zero-order valence-corrected chi connectivity index (χ0v) is 14.8. The lowest BCUT2D eigenvalue weighted by atomic mass is 10.2. The van der Waals surface area contributed by atoms with Gasteiger partial charge in [-0.1, -0.05) is 6.42 Å². The van der Waals surface area contributed by atoms with Gasteiger partial charge in [-0.25, -0.2) is 4.98 Å². The summed E-state index contributed by atoms with van der Waals surface area (Å²) in [6.07, 6.45) is 6.18. The molecule has 0 aromatic carbocycles. The first-order valence-electron chi connectivity index (χ1n) is 8.00. The molecule has 0 bridgehead atoms. The molecule has 0 spiro atoms. The Morgan fingerprint density at radius 1 is 1.13 bits per heavy atom. The minimum absolute atomic E-state index is 0.0353. The fraction of sp³-hybridized carbons (Fsp3) is 0.471. The van der Waals surface area contributed by atoms with Crippen LogP contribution in [0.25, 0.3) is 0 Å². The molecule has 1 N–H and O–H groups in total. The van der Waals surface area contributed by atoms with E-state index in [1.165, 1.54) is 35.5 Å². The van der Waals surface area contributed by atoms with Crippen LogP contribution in [0.2, 0.25) is 0 Å². The van der Waals surface area contributed by atoms with Gasteiger partial charge in [0.05, 0.1) is 10.6 Å². The lowest BCUT2D eigenvalue weighted by Gasteiger charge is -2.01. The van der Waals surface area contributed by atoms with Crippen molar-refractivity contribution in [3.05, 3.63) is 32.5 Å². The number of rotatable bonds is 5. The summed E-state index contributed by atoms with van der Waals surface area (Å²) < 4.78 is 0. The summed E-state index contributed by atoms with van der Waals surface area (Å²) in [5.74, 6) is -0.0938. The van der Waals surface area contributed by atoms with Gasteiger partial charge in [-0.05, 0) is 44.7 Å². The first kappa shape index (κ1) is 16.3. The maximum atomic E-state index is 12.0. The molecule has 1 aliphatic rings. The predicted molar refractivity (Wildman–Crippen MR) is 94.6 cm³/mol. The van der Waals surface area contributed by atoms with E-state index in [0.29, 0.717) is 5.13 Å². The third-order valence-corrected chi connectivity index (χ3v) is 6.05. The van der Waals surface area contributed by atoms with Crippen molar-refractivity contribution >= 4 is 39.5 Å². The van der Waals surface area contributed by atoms with E-state index >= 15 is 0 Å². The van der Waals surface area contributed by atoms with Crippen LogP contribution in [0.1, 0.15) is 57.2 Å². The second kappa shape index (κ2) is 7.36. The van der Waals surface area contributed by atoms with Gasteiger partial charge in [0.25, 0.3) is 0 Å². The molecule has 1 amide bonds. The Hall–Kier alpha value is -1.53. The Morgan fingerprint density at radius 3 is 2.74 bits per heavy atom. The van der Waals surface area contributed by atoms with Gasteiger partial charge in [-0.15, -0.1) is 22.7 Å². The zero-order valence-electron chi connectivity index (χ0n) is 13.2. The van der Waals surface area contributed by atoms with Crippen LogP contribution in [0.15, 0.2) is 12.1 Å². The standard InChI is InChI=1S/C17H20N2O2S2/c1-11-7-9-15(22-11)13(20)8-10-16(21)19-17-18-12-5-3-2-4-6-14(12)23-17/h7,9H,2-6,8,10H2,1H3,(H,18,19,21). The molecule has 3 rings (SSSR count). The maximum Gasteiger partial charge on any atom is 0.226 e. The molecule has 122 valence electrons. The van der Waals surface area contributed by atoms with Crippen LogP contribution in [0, 0.1) is 6.92 Å². The maximum absolute atomic E-state index is 12.0. The van der Waals surface area contributed by atoms with Crippen molar-refractivity contribution < 1.29 is 9.59 Å². The summed E-state index contributed by atoms with van der Waals surface area (Å²) in [5.41, 5.74) is 1.15. The van der Waals surface area contributed by atoms with Crippen molar-refractivity contribution in [2.75, 3.05) is 5.32 Å². The van der Waals surface area contributed by atoms with Crippen molar-refractivity contribution in [3.8, 4) is 0 Å². The van der Waals surface area contributed by atoms with Gasteiger partial charge >= 0.3 is 0 Å². The van der Waals surface area contributed by atoms with Gasteiger partial charge in [0.1, 0.15) is 0 Å². The SMILES string of the molecule is Cc1ccc(C(=O)CCC(=O)Nc2nc3c(s2)CCCCC3)s1. The van der Waals surface area contributed by atoms with Gasteiger partial charge in [0.15, 0.2) is 10.9 Å². The number of thiophene rings is 1. The molecule has 6 heteroatoms. The molecule has 1 aliphatic carbocycles. The Kier molecular flexibility index (Phi) is 5.23. The van der Waals surface area contributed by atoms with Gasteiger partial charge < -0.3 is 5.32 Å². The summed E-state index contributed by atoms with van der Waals surface area (Å²) in [5, 5.41) is 3.53. The van der Waals surface area contributed by atoms with E-state index in [4.69, 9.17) is 0 Å². The molecule has 0 saturated heterocycles. The average Bonchev–Trinajstić information content (AvgIpc) is 3.05. The number of aryl methyl sites for hydroxylation is 3. The van der Waals surface area contributed by atoms with Crippen molar-refractivity contribution in [2.45, 2.75) is 51.9 Å². The molecule has 23 heavy (non-hydrogen) atoms. The van der Waals surface area contributed by atoms with Crippen LogP contribution >= 0.6 is 22.7 Å².